The molecule has 1 amide bonds. The van der Waals surface area contributed by atoms with Gasteiger partial charge in [0.25, 0.3) is 0 Å². The molecule has 2 heterocycles. The molecule has 1 N–H and O–H groups in total. The van der Waals surface area contributed by atoms with Crippen molar-refractivity contribution in [1.82, 2.24) is 19.5 Å². The lowest BCUT2D eigenvalue weighted by Crippen LogP contribution is -2.44. The maximum atomic E-state index is 12.9. The van der Waals surface area contributed by atoms with Gasteiger partial charge in [0.1, 0.15) is 0 Å². The Morgan fingerprint density at radius 1 is 1.24 bits per heavy atom. The standard InChI is InChI=1S/C20H27N5O3S/c1-14-7-9-18(10-8-14)29(27,28)25-11-5-6-17(13-25)20(26)22-21-12-19-15(2)23-24(4)16(19)3/h7-10,12,17H,5-6,11,13H2,1-4H3,(H,22,26)/b21-12-/t17-/m0/s1. The Labute approximate surface area is 171 Å². The molecule has 3 rings (SSSR count). The summed E-state index contributed by atoms with van der Waals surface area (Å²) in [5.41, 5.74) is 6.20. The maximum absolute atomic E-state index is 12.9. The van der Waals surface area contributed by atoms with E-state index in [2.05, 4.69) is 15.6 Å². The highest BCUT2D eigenvalue weighted by Crippen LogP contribution is 2.24. The van der Waals surface area contributed by atoms with E-state index in [1.54, 1.807) is 35.2 Å². The van der Waals surface area contributed by atoms with Crippen molar-refractivity contribution in [2.24, 2.45) is 18.1 Å². The van der Waals surface area contributed by atoms with Crippen LogP contribution in [0.1, 0.15) is 35.4 Å². The molecule has 0 unspecified atom stereocenters. The number of sulfonamides is 1. The number of hydrogen-bond donors (Lipinski definition) is 1. The minimum absolute atomic E-state index is 0.155. The summed E-state index contributed by atoms with van der Waals surface area (Å²) in [6, 6.07) is 6.77. The van der Waals surface area contributed by atoms with E-state index in [0.717, 1.165) is 22.5 Å². The number of hydrogen-bond acceptors (Lipinski definition) is 5. The van der Waals surface area contributed by atoms with Crippen LogP contribution in [0.15, 0.2) is 34.3 Å². The van der Waals surface area contributed by atoms with Crippen molar-refractivity contribution in [3.8, 4) is 0 Å². The Bertz CT molecular complexity index is 1030. The van der Waals surface area contributed by atoms with E-state index in [1.807, 2.05) is 27.8 Å². The number of piperidine rings is 1. The molecule has 1 atom stereocenters. The third kappa shape index (κ3) is 4.56. The second-order valence-corrected chi connectivity index (χ2v) is 9.40. The lowest BCUT2D eigenvalue weighted by Gasteiger charge is -2.30. The zero-order valence-electron chi connectivity index (χ0n) is 17.2. The van der Waals surface area contributed by atoms with Crippen LogP contribution >= 0.6 is 0 Å². The molecular weight excluding hydrogens is 390 g/mol. The molecule has 1 aliphatic rings. The molecule has 0 aliphatic carbocycles. The van der Waals surface area contributed by atoms with Crippen molar-refractivity contribution >= 4 is 22.1 Å². The molecule has 156 valence electrons. The van der Waals surface area contributed by atoms with Gasteiger partial charge in [0.15, 0.2) is 0 Å². The summed E-state index contributed by atoms with van der Waals surface area (Å²) in [5.74, 6) is -0.707. The first-order valence-electron chi connectivity index (χ1n) is 9.60. The summed E-state index contributed by atoms with van der Waals surface area (Å²) >= 11 is 0. The SMILES string of the molecule is Cc1ccc(S(=O)(=O)N2CCC[C@H](C(=O)N/N=C\c3c(C)nn(C)c3C)C2)cc1. The first-order valence-corrected chi connectivity index (χ1v) is 11.0. The number of rotatable bonds is 5. The predicted molar refractivity (Wildman–Crippen MR) is 111 cm³/mol. The number of aromatic nitrogens is 2. The Hall–Kier alpha value is -2.52. The van der Waals surface area contributed by atoms with Gasteiger partial charge in [0.2, 0.25) is 15.9 Å². The van der Waals surface area contributed by atoms with Crippen LogP contribution < -0.4 is 5.43 Å². The van der Waals surface area contributed by atoms with Gasteiger partial charge in [0, 0.05) is 31.4 Å². The lowest BCUT2D eigenvalue weighted by molar-refractivity contribution is -0.126. The Morgan fingerprint density at radius 2 is 1.93 bits per heavy atom. The van der Waals surface area contributed by atoms with E-state index < -0.39 is 15.9 Å². The van der Waals surface area contributed by atoms with Crippen molar-refractivity contribution in [1.29, 1.82) is 0 Å². The molecule has 0 spiro atoms. The zero-order valence-corrected chi connectivity index (χ0v) is 18.0. The minimum atomic E-state index is -3.61. The first-order chi connectivity index (χ1) is 13.7. The fourth-order valence-corrected chi connectivity index (χ4v) is 4.99. The van der Waals surface area contributed by atoms with Crippen molar-refractivity contribution in [3.05, 3.63) is 46.8 Å². The number of nitrogens with zero attached hydrogens (tertiary/aromatic N) is 4. The monoisotopic (exact) mass is 417 g/mol. The molecule has 1 saturated heterocycles. The lowest BCUT2D eigenvalue weighted by atomic mass is 9.99. The van der Waals surface area contributed by atoms with Crippen molar-refractivity contribution in [2.45, 2.75) is 38.5 Å². The topological polar surface area (TPSA) is 96.7 Å². The van der Waals surface area contributed by atoms with E-state index >= 15 is 0 Å². The molecule has 0 saturated carbocycles. The molecule has 0 bridgehead atoms. The highest BCUT2D eigenvalue weighted by molar-refractivity contribution is 7.89. The quantitative estimate of drug-likeness (QED) is 0.594. The summed E-state index contributed by atoms with van der Waals surface area (Å²) in [7, 11) is -1.76. The molecule has 1 aromatic carbocycles. The summed E-state index contributed by atoms with van der Waals surface area (Å²) in [5, 5.41) is 8.37. The number of carbonyl (C=O) groups excluding carboxylic acids is 1. The fourth-order valence-electron chi connectivity index (χ4n) is 3.46. The Morgan fingerprint density at radius 3 is 2.55 bits per heavy atom. The molecule has 2 aromatic rings. The van der Waals surface area contributed by atoms with Gasteiger partial charge in [-0.05, 0) is 45.7 Å². The van der Waals surface area contributed by atoms with Crippen LogP contribution in [-0.4, -0.2) is 47.7 Å². The number of nitrogens with one attached hydrogen (secondary N) is 1. The van der Waals surface area contributed by atoms with Gasteiger partial charge in [-0.15, -0.1) is 0 Å². The predicted octanol–water partition coefficient (Wildman–Crippen LogP) is 1.90. The van der Waals surface area contributed by atoms with Crippen molar-refractivity contribution < 1.29 is 13.2 Å². The van der Waals surface area contributed by atoms with Gasteiger partial charge in [0.05, 0.1) is 22.7 Å². The molecule has 8 nitrogen and oxygen atoms in total. The minimum Gasteiger partial charge on any atom is -0.273 e. The van der Waals surface area contributed by atoms with Crippen LogP contribution in [-0.2, 0) is 21.9 Å². The van der Waals surface area contributed by atoms with E-state index in [0.29, 0.717) is 19.4 Å². The molecule has 9 heteroatoms. The van der Waals surface area contributed by atoms with Crippen LogP contribution in [0.5, 0.6) is 0 Å². The smallest absolute Gasteiger partial charge is 0.244 e. The number of amides is 1. The fraction of sp³-hybridized carbons (Fsp3) is 0.450. The van der Waals surface area contributed by atoms with Crippen molar-refractivity contribution in [3.63, 3.8) is 0 Å². The highest BCUT2D eigenvalue weighted by atomic mass is 32.2. The van der Waals surface area contributed by atoms with Gasteiger partial charge < -0.3 is 0 Å². The largest absolute Gasteiger partial charge is 0.273 e. The van der Waals surface area contributed by atoms with Crippen LogP contribution in [0.4, 0.5) is 0 Å². The van der Waals surface area contributed by atoms with E-state index in [1.165, 1.54) is 4.31 Å². The molecule has 1 fully saturated rings. The van der Waals surface area contributed by atoms with E-state index in [9.17, 15) is 13.2 Å². The second kappa shape index (κ2) is 8.46. The molecule has 1 aliphatic heterocycles. The third-order valence-electron chi connectivity index (χ3n) is 5.35. The number of carbonyl (C=O) groups is 1. The van der Waals surface area contributed by atoms with Gasteiger partial charge in [-0.3, -0.25) is 9.48 Å². The van der Waals surface area contributed by atoms with Crippen molar-refractivity contribution in [2.75, 3.05) is 13.1 Å². The van der Waals surface area contributed by atoms with Crippen LogP contribution in [0, 0.1) is 26.7 Å². The highest BCUT2D eigenvalue weighted by Gasteiger charge is 2.33. The van der Waals surface area contributed by atoms with Gasteiger partial charge >= 0.3 is 0 Å². The normalized spacial score (nSPS) is 18.3. The first kappa shape index (κ1) is 21.2. The number of hydrazone groups is 1. The number of aryl methyl sites for hydroxylation is 3. The Kier molecular flexibility index (Phi) is 6.18. The van der Waals surface area contributed by atoms with Crippen LogP contribution in [0.3, 0.4) is 0 Å². The zero-order chi connectivity index (χ0) is 21.2. The van der Waals surface area contributed by atoms with E-state index in [-0.39, 0.29) is 17.3 Å². The maximum Gasteiger partial charge on any atom is 0.244 e. The number of benzene rings is 1. The molecular formula is C20H27N5O3S. The second-order valence-electron chi connectivity index (χ2n) is 7.46. The summed E-state index contributed by atoms with van der Waals surface area (Å²) in [6.07, 6.45) is 2.85. The summed E-state index contributed by atoms with van der Waals surface area (Å²) in [4.78, 5) is 12.8. The summed E-state index contributed by atoms with van der Waals surface area (Å²) < 4.78 is 28.9. The van der Waals surface area contributed by atoms with Gasteiger partial charge in [-0.2, -0.15) is 14.5 Å². The average molecular weight is 418 g/mol. The summed E-state index contributed by atoms with van der Waals surface area (Å²) in [6.45, 7) is 6.29. The Balaban J connectivity index is 1.66. The van der Waals surface area contributed by atoms with Crippen LogP contribution in [0.2, 0.25) is 0 Å². The van der Waals surface area contributed by atoms with E-state index in [4.69, 9.17) is 0 Å². The van der Waals surface area contributed by atoms with Gasteiger partial charge in [-0.1, -0.05) is 17.7 Å². The molecule has 1 aromatic heterocycles. The van der Waals surface area contributed by atoms with Crippen LogP contribution in [0.25, 0.3) is 0 Å². The molecule has 0 radical (unpaired) electrons. The van der Waals surface area contributed by atoms with Gasteiger partial charge in [-0.25, -0.2) is 13.8 Å². The average Bonchev–Trinajstić information content (AvgIpc) is 2.94. The third-order valence-corrected chi connectivity index (χ3v) is 7.23. The molecule has 29 heavy (non-hydrogen) atoms.